The zero-order chi connectivity index (χ0) is 9.59. The first-order valence-electron chi connectivity index (χ1n) is 4.18. The number of hydrogen-bond acceptors (Lipinski definition) is 2. The van der Waals surface area contributed by atoms with Crippen LogP contribution in [-0.4, -0.2) is 4.40 Å². The van der Waals surface area contributed by atoms with E-state index < -0.39 is 0 Å². The molecular formula is C10H11NOS. The summed E-state index contributed by atoms with van der Waals surface area (Å²) < 4.78 is 1.72. The third kappa shape index (κ3) is 1.04. The van der Waals surface area contributed by atoms with Gasteiger partial charge in [-0.3, -0.25) is 9.20 Å². The van der Waals surface area contributed by atoms with Gasteiger partial charge in [0, 0.05) is 17.1 Å². The molecule has 0 radical (unpaired) electrons. The summed E-state index contributed by atoms with van der Waals surface area (Å²) in [5.41, 5.74) is 3.30. The smallest absolute Gasteiger partial charge is 0.258 e. The maximum Gasteiger partial charge on any atom is 0.258 e. The zero-order valence-electron chi connectivity index (χ0n) is 7.92. The summed E-state index contributed by atoms with van der Waals surface area (Å²) in [6.45, 7) is 5.95. The summed E-state index contributed by atoms with van der Waals surface area (Å²) in [4.78, 5) is 12.8. The lowest BCUT2D eigenvalue weighted by Crippen LogP contribution is -2.16. The van der Waals surface area contributed by atoms with Crippen molar-refractivity contribution < 1.29 is 0 Å². The van der Waals surface area contributed by atoms with E-state index in [0.29, 0.717) is 0 Å². The third-order valence-corrected chi connectivity index (χ3v) is 3.58. The molecule has 0 aromatic carbocycles. The molecule has 0 fully saturated rings. The maximum atomic E-state index is 11.7. The summed E-state index contributed by atoms with van der Waals surface area (Å²) in [6.07, 6.45) is 1.84. The van der Waals surface area contributed by atoms with Crippen molar-refractivity contribution in [3.63, 3.8) is 0 Å². The fraction of sp³-hybridized carbons (Fsp3) is 0.300. The maximum absolute atomic E-state index is 11.7. The largest absolute Gasteiger partial charge is 0.274 e. The van der Waals surface area contributed by atoms with Crippen molar-refractivity contribution in [3.05, 3.63) is 38.6 Å². The number of fused-ring (bicyclic) bond motifs is 1. The van der Waals surface area contributed by atoms with Crippen molar-refractivity contribution in [2.24, 2.45) is 0 Å². The van der Waals surface area contributed by atoms with Crippen molar-refractivity contribution in [1.82, 2.24) is 4.40 Å². The minimum Gasteiger partial charge on any atom is -0.274 e. The van der Waals surface area contributed by atoms with Crippen molar-refractivity contribution in [2.45, 2.75) is 20.8 Å². The molecule has 0 saturated carbocycles. The first kappa shape index (κ1) is 8.51. The van der Waals surface area contributed by atoms with Crippen LogP contribution in [0.4, 0.5) is 0 Å². The standard InChI is InChI=1S/C10H11NOS/c1-6-7(2)9(12)11-4-5-13-10(11)8(6)3/h4-5H,1-3H3. The Kier molecular flexibility index (Phi) is 1.77. The lowest BCUT2D eigenvalue weighted by atomic mass is 10.1. The minimum absolute atomic E-state index is 0.111. The third-order valence-electron chi connectivity index (χ3n) is 2.59. The Morgan fingerprint density at radius 3 is 2.54 bits per heavy atom. The molecule has 68 valence electrons. The van der Waals surface area contributed by atoms with Crippen LogP contribution in [0.2, 0.25) is 0 Å². The topological polar surface area (TPSA) is 21.5 Å². The monoisotopic (exact) mass is 193 g/mol. The predicted octanol–water partition coefficient (Wildman–Crippen LogP) is 2.29. The highest BCUT2D eigenvalue weighted by Crippen LogP contribution is 2.19. The Balaban J connectivity index is 3.11. The minimum atomic E-state index is 0.111. The van der Waals surface area contributed by atoms with E-state index in [0.717, 1.165) is 16.0 Å². The molecule has 0 aliphatic carbocycles. The molecule has 2 rings (SSSR count). The lowest BCUT2D eigenvalue weighted by molar-refractivity contribution is 1.06. The SMILES string of the molecule is Cc1c(C)c(=O)n2ccsc2c1C. The van der Waals surface area contributed by atoms with E-state index in [-0.39, 0.29) is 5.56 Å². The number of aromatic nitrogens is 1. The Morgan fingerprint density at radius 1 is 1.15 bits per heavy atom. The molecule has 0 aliphatic heterocycles. The molecule has 0 aliphatic rings. The number of aryl methyl sites for hydroxylation is 1. The van der Waals surface area contributed by atoms with Gasteiger partial charge in [0.1, 0.15) is 4.83 Å². The van der Waals surface area contributed by atoms with Crippen LogP contribution in [0.25, 0.3) is 4.83 Å². The van der Waals surface area contributed by atoms with Crippen LogP contribution in [-0.2, 0) is 0 Å². The van der Waals surface area contributed by atoms with Gasteiger partial charge in [0.2, 0.25) is 0 Å². The van der Waals surface area contributed by atoms with E-state index in [4.69, 9.17) is 0 Å². The summed E-state index contributed by atoms with van der Waals surface area (Å²) in [6, 6.07) is 0. The van der Waals surface area contributed by atoms with Crippen LogP contribution < -0.4 is 5.56 Å². The summed E-state index contributed by atoms with van der Waals surface area (Å²) in [7, 11) is 0. The van der Waals surface area contributed by atoms with Gasteiger partial charge in [0.25, 0.3) is 5.56 Å². The van der Waals surface area contributed by atoms with Gasteiger partial charge in [-0.2, -0.15) is 0 Å². The summed E-state index contributed by atoms with van der Waals surface area (Å²) >= 11 is 1.61. The molecule has 2 aromatic heterocycles. The average molecular weight is 193 g/mol. The average Bonchev–Trinajstić information content (AvgIpc) is 2.59. The van der Waals surface area contributed by atoms with Gasteiger partial charge in [-0.1, -0.05) is 0 Å². The molecule has 0 unspecified atom stereocenters. The number of nitrogens with zero attached hydrogens (tertiary/aromatic N) is 1. The first-order chi connectivity index (χ1) is 6.13. The van der Waals surface area contributed by atoms with E-state index in [9.17, 15) is 4.79 Å². The Hall–Kier alpha value is -1.09. The van der Waals surface area contributed by atoms with Gasteiger partial charge in [0.15, 0.2) is 0 Å². The van der Waals surface area contributed by atoms with E-state index in [1.54, 1.807) is 15.7 Å². The Labute approximate surface area is 80.5 Å². The van der Waals surface area contributed by atoms with Crippen molar-refractivity contribution in [3.8, 4) is 0 Å². The predicted molar refractivity (Wildman–Crippen MR) is 55.8 cm³/mol. The molecule has 0 bridgehead atoms. The number of hydrogen-bond donors (Lipinski definition) is 0. The molecule has 13 heavy (non-hydrogen) atoms. The Bertz CT molecular complexity index is 521. The number of thiazole rings is 1. The molecule has 0 atom stereocenters. The summed E-state index contributed by atoms with van der Waals surface area (Å²) in [5, 5.41) is 1.95. The van der Waals surface area contributed by atoms with Gasteiger partial charge in [-0.15, -0.1) is 11.3 Å². The molecule has 3 heteroatoms. The molecular weight excluding hydrogens is 182 g/mol. The molecule has 2 heterocycles. The second-order valence-electron chi connectivity index (χ2n) is 3.26. The molecule has 0 spiro atoms. The van der Waals surface area contributed by atoms with E-state index in [2.05, 4.69) is 6.92 Å². The second kappa shape index (κ2) is 2.70. The van der Waals surface area contributed by atoms with Gasteiger partial charge in [0.05, 0.1) is 0 Å². The highest BCUT2D eigenvalue weighted by molar-refractivity contribution is 7.15. The fourth-order valence-corrected chi connectivity index (χ4v) is 2.39. The highest BCUT2D eigenvalue weighted by Gasteiger charge is 2.08. The normalized spacial score (nSPS) is 11.0. The van der Waals surface area contributed by atoms with Crippen LogP contribution in [0, 0.1) is 20.8 Å². The fourth-order valence-electron chi connectivity index (χ4n) is 1.49. The molecule has 0 saturated heterocycles. The Morgan fingerprint density at radius 2 is 1.85 bits per heavy atom. The second-order valence-corrected chi connectivity index (χ2v) is 4.15. The van der Waals surface area contributed by atoms with Gasteiger partial charge >= 0.3 is 0 Å². The van der Waals surface area contributed by atoms with Crippen LogP contribution in [0.15, 0.2) is 16.4 Å². The van der Waals surface area contributed by atoms with E-state index in [1.807, 2.05) is 25.4 Å². The van der Waals surface area contributed by atoms with E-state index in [1.165, 1.54) is 5.56 Å². The van der Waals surface area contributed by atoms with Gasteiger partial charge < -0.3 is 0 Å². The summed E-state index contributed by atoms with van der Waals surface area (Å²) in [5.74, 6) is 0. The van der Waals surface area contributed by atoms with Gasteiger partial charge in [-0.05, 0) is 31.9 Å². The molecule has 2 aromatic rings. The number of rotatable bonds is 0. The quantitative estimate of drug-likeness (QED) is 0.629. The molecule has 2 nitrogen and oxygen atoms in total. The number of pyridine rings is 1. The first-order valence-corrected chi connectivity index (χ1v) is 5.06. The lowest BCUT2D eigenvalue weighted by Gasteiger charge is -2.05. The van der Waals surface area contributed by atoms with Crippen LogP contribution >= 0.6 is 11.3 Å². The zero-order valence-corrected chi connectivity index (χ0v) is 8.73. The highest BCUT2D eigenvalue weighted by atomic mass is 32.1. The molecule has 0 amide bonds. The van der Waals surface area contributed by atoms with Crippen molar-refractivity contribution >= 4 is 16.2 Å². The molecule has 0 N–H and O–H groups in total. The van der Waals surface area contributed by atoms with Gasteiger partial charge in [-0.25, -0.2) is 0 Å². The van der Waals surface area contributed by atoms with E-state index >= 15 is 0 Å². The van der Waals surface area contributed by atoms with Crippen LogP contribution in [0.3, 0.4) is 0 Å². The van der Waals surface area contributed by atoms with Crippen LogP contribution in [0.5, 0.6) is 0 Å². The van der Waals surface area contributed by atoms with Crippen molar-refractivity contribution in [2.75, 3.05) is 0 Å². The van der Waals surface area contributed by atoms with Crippen molar-refractivity contribution in [1.29, 1.82) is 0 Å². The van der Waals surface area contributed by atoms with Crippen LogP contribution in [0.1, 0.15) is 16.7 Å².